The number of carbonyl (C=O) groups is 10. The Hall–Kier alpha value is -15.2. The highest BCUT2D eigenvalue weighted by molar-refractivity contribution is 6.01. The summed E-state index contributed by atoms with van der Waals surface area (Å²) in [7, 11) is 0. The SMILES string of the molecule is N=C(N)NCCC[C@H](NC(=O)[C@H](Cc1c[nH]c2ccccc12)NC(=O)[C@H](CCCNC(=N)N)NC(=O)[C@H](Cc1c[nH]c2ccccc12)NC(=O)[C@H](CCCNC(=N)N)NC(=O)[C@H](Cc1c[nH]c2ccccc12)NC(=O)[C@H](CCCNC(=N)N)NC(=O)[C@H](Cc1c[nH]c2ccccc12)NC(=O)[C@@H](N)CCCNC(=N)N)C(=O)N[C@@H](Cc1c[nH]c2ccccc12)C(N)=O. The number of guanidine groups is 5. The second kappa shape index (κ2) is 45.6. The maximum absolute atomic E-state index is 15.7. The quantitative estimate of drug-likeness (QED) is 0.0125. The van der Waals surface area contributed by atoms with Crippen LogP contribution in [0.1, 0.15) is 92.0 Å². The molecule has 0 aliphatic heterocycles. The van der Waals surface area contributed by atoms with Gasteiger partial charge in [0.05, 0.1) is 6.04 Å². The minimum atomic E-state index is -1.61. The molecule has 10 aromatic rings. The minimum absolute atomic E-state index is 0.000777. The lowest BCUT2D eigenvalue weighted by molar-refractivity contribution is -0.136. The maximum atomic E-state index is 15.7. The number of hydrogen-bond donors (Lipinski definition) is 31. The van der Waals surface area contributed by atoms with E-state index in [9.17, 15) is 14.4 Å². The molecule has 0 radical (unpaired) electrons. The summed E-state index contributed by atoms with van der Waals surface area (Å²) in [6.45, 7) is 0.378. The highest BCUT2D eigenvalue weighted by Crippen LogP contribution is 2.26. The van der Waals surface area contributed by atoms with Crippen LogP contribution in [0.4, 0.5) is 0 Å². The lowest BCUT2D eigenvalue weighted by atomic mass is 10.00. The van der Waals surface area contributed by atoms with E-state index < -0.39 is 131 Å². The van der Waals surface area contributed by atoms with Crippen LogP contribution in [0.2, 0.25) is 0 Å². The Balaban J connectivity index is 0.958. The smallest absolute Gasteiger partial charge is 0.243 e. The van der Waals surface area contributed by atoms with Gasteiger partial charge >= 0.3 is 0 Å². The Morgan fingerprint density at radius 2 is 0.437 bits per heavy atom. The van der Waals surface area contributed by atoms with Gasteiger partial charge < -0.3 is 139 Å². The van der Waals surface area contributed by atoms with Gasteiger partial charge in [-0.2, -0.15) is 0 Å². The molecule has 10 atom stereocenters. The third-order valence-electron chi connectivity index (χ3n) is 21.5. The molecule has 10 rings (SSSR count). The summed E-state index contributed by atoms with van der Waals surface area (Å²) < 4.78 is 0. The van der Waals surface area contributed by atoms with Crippen LogP contribution in [-0.4, -0.2) is 207 Å². The van der Waals surface area contributed by atoms with E-state index >= 15 is 33.6 Å². The average molecular weight is 1730 g/mol. The van der Waals surface area contributed by atoms with Crippen molar-refractivity contribution in [1.29, 1.82) is 27.0 Å². The van der Waals surface area contributed by atoms with Gasteiger partial charge in [-0.05, 0) is 122 Å². The number of amides is 10. The molecule has 0 fully saturated rings. The van der Waals surface area contributed by atoms with E-state index in [1.54, 1.807) is 97.7 Å². The van der Waals surface area contributed by atoms with Gasteiger partial charge in [-0.15, -0.1) is 0 Å². The summed E-state index contributed by atoms with van der Waals surface area (Å²) in [6, 6.07) is 21.6. The van der Waals surface area contributed by atoms with E-state index in [0.29, 0.717) is 66.9 Å². The second-order valence-corrected chi connectivity index (χ2v) is 30.8. The predicted molar refractivity (Wildman–Crippen MR) is 480 cm³/mol. The zero-order valence-electron chi connectivity index (χ0n) is 69.5. The molecule has 668 valence electrons. The number of fused-ring (bicyclic) bond motifs is 5. The van der Waals surface area contributed by atoms with Crippen molar-refractivity contribution in [3.63, 3.8) is 0 Å². The van der Waals surface area contributed by atoms with Gasteiger partial charge in [-0.3, -0.25) is 75.0 Å². The standard InChI is InChI=1S/C85H113N31O10/c86-56(21-11-31-98-81(88)89)72(118)113-67(37-47-42-104-58-23-7-2-17-52(47)58)77(123)109-63(28-13-33-100-83(92)93)74(120)115-69(39-49-44-106-60-25-9-4-19-54(49)60)79(125)111-65(30-15-35-102-85(96)97)76(122)116-70(40-50-45-107-61-26-10-5-20-55(50)61)80(126)110-64(29-14-34-101-84(94)95)75(121)114-68(38-48-43-105-59-24-8-3-18-53(48)59)78(124)108-62(27-12-32-99-82(90)91)73(119)112-66(71(87)117)36-46-41-103-57-22-6-1-16-51(46)57/h1-10,16-20,22-26,41-45,56,62-70,103-107H,11-15,21,27-40,86H2,(H2,87,117)(H,108,124)(H,109,123)(H,110,126)(H,111,125)(H,112,119)(H,113,118)(H,114,121)(H,115,120)(H,116,122)(H4,88,89,98)(H4,90,91,99)(H4,92,93,100)(H4,94,95,101)(H4,96,97,102)/t56-,62-,63-,64-,65-,66-,67-,68-,69-,70-/m0/s1. The van der Waals surface area contributed by atoms with Crippen LogP contribution in [0.3, 0.4) is 0 Å². The molecule has 0 bridgehead atoms. The van der Waals surface area contributed by atoms with Crippen molar-refractivity contribution in [2.45, 2.75) is 157 Å². The molecule has 126 heavy (non-hydrogen) atoms. The molecule has 0 saturated carbocycles. The summed E-state index contributed by atoms with van der Waals surface area (Å²) >= 11 is 0. The number of hydrogen-bond acceptors (Lipinski definition) is 16. The van der Waals surface area contributed by atoms with E-state index in [4.69, 9.17) is 67.2 Å². The van der Waals surface area contributed by atoms with E-state index in [-0.39, 0.29) is 140 Å². The molecular weight excluding hydrogens is 1620 g/mol. The first-order valence-corrected chi connectivity index (χ1v) is 41.5. The molecule has 41 nitrogen and oxygen atoms in total. The Bertz CT molecular complexity index is 5530. The van der Waals surface area contributed by atoms with Gasteiger partial charge in [-0.1, -0.05) is 91.0 Å². The van der Waals surface area contributed by atoms with Crippen molar-refractivity contribution in [2.75, 3.05) is 32.7 Å². The van der Waals surface area contributed by atoms with Crippen molar-refractivity contribution in [3.8, 4) is 0 Å². The first-order valence-electron chi connectivity index (χ1n) is 41.5. The number of nitrogens with two attached hydrogens (primary N) is 7. The number of para-hydroxylation sites is 5. The van der Waals surface area contributed by atoms with Crippen LogP contribution in [0.25, 0.3) is 54.5 Å². The summed E-state index contributed by atoms with van der Waals surface area (Å²) in [4.78, 5) is 166. The number of benzene rings is 5. The first-order chi connectivity index (χ1) is 60.5. The minimum Gasteiger partial charge on any atom is -0.370 e. The molecule has 38 N–H and O–H groups in total. The number of rotatable bonds is 49. The van der Waals surface area contributed by atoms with Crippen LogP contribution in [0.5, 0.6) is 0 Å². The highest BCUT2D eigenvalue weighted by atomic mass is 16.2. The second-order valence-electron chi connectivity index (χ2n) is 30.8. The molecule has 0 aliphatic rings. The monoisotopic (exact) mass is 1730 g/mol. The number of primary amides is 1. The molecule has 0 unspecified atom stereocenters. The summed E-state index contributed by atoms with van der Waals surface area (Å²) in [5, 5.41) is 81.4. The lowest BCUT2D eigenvalue weighted by Gasteiger charge is -2.29. The van der Waals surface area contributed by atoms with Crippen LogP contribution < -0.4 is 115 Å². The van der Waals surface area contributed by atoms with Crippen molar-refractivity contribution >= 4 is 143 Å². The van der Waals surface area contributed by atoms with Crippen LogP contribution >= 0.6 is 0 Å². The van der Waals surface area contributed by atoms with E-state index in [1.165, 1.54) is 0 Å². The van der Waals surface area contributed by atoms with Crippen molar-refractivity contribution in [2.24, 2.45) is 40.1 Å². The fourth-order valence-corrected chi connectivity index (χ4v) is 15.0. The molecule has 41 heteroatoms. The molecule has 5 aromatic heterocycles. The average Bonchev–Trinajstić information content (AvgIpc) is 1.66. The highest BCUT2D eigenvalue weighted by Gasteiger charge is 2.38. The summed E-state index contributed by atoms with van der Waals surface area (Å²) in [6.07, 6.45) is 7.65. The Morgan fingerprint density at radius 1 is 0.254 bits per heavy atom. The van der Waals surface area contributed by atoms with Gasteiger partial charge in [0.25, 0.3) is 0 Å². The van der Waals surface area contributed by atoms with Gasteiger partial charge in [0, 0.05) is 150 Å². The van der Waals surface area contributed by atoms with E-state index in [0.717, 1.165) is 21.8 Å². The molecule has 0 saturated heterocycles. The number of H-pyrrole nitrogens is 5. The number of aromatic nitrogens is 5. The van der Waals surface area contributed by atoms with Gasteiger partial charge in [0.15, 0.2) is 29.8 Å². The Labute approximate surface area is 724 Å². The van der Waals surface area contributed by atoms with Gasteiger partial charge in [0.2, 0.25) is 59.1 Å². The molecule has 5 aromatic carbocycles. The van der Waals surface area contributed by atoms with Crippen LogP contribution in [-0.2, 0) is 80.0 Å². The molecular formula is C85H113N31O10. The van der Waals surface area contributed by atoms with Crippen molar-refractivity contribution in [1.82, 2.24) is 99.4 Å². The van der Waals surface area contributed by atoms with Crippen LogP contribution in [0.15, 0.2) is 152 Å². The fraction of sp³-hybridized carbons (Fsp3) is 0.353. The maximum Gasteiger partial charge on any atom is 0.243 e. The Morgan fingerprint density at radius 3 is 0.659 bits per heavy atom. The normalized spacial score (nSPS) is 13.6. The molecule has 0 spiro atoms. The topological polar surface area (TPSA) is 719 Å². The number of aromatic amines is 5. The zero-order chi connectivity index (χ0) is 90.3. The van der Waals surface area contributed by atoms with Crippen LogP contribution in [0, 0.1) is 27.0 Å². The molecule has 0 aliphatic carbocycles. The van der Waals surface area contributed by atoms with Gasteiger partial charge in [-0.25, -0.2) is 0 Å². The number of carbonyl (C=O) groups excluding carboxylic acids is 10. The lowest BCUT2D eigenvalue weighted by Crippen LogP contribution is -2.61. The first kappa shape index (κ1) is 93.1. The fourth-order valence-electron chi connectivity index (χ4n) is 15.0. The van der Waals surface area contributed by atoms with E-state index in [2.05, 4.69) is 99.4 Å². The zero-order valence-corrected chi connectivity index (χ0v) is 69.5. The Kier molecular flexibility index (Phi) is 33.7. The third kappa shape index (κ3) is 27.2. The largest absolute Gasteiger partial charge is 0.370 e. The predicted octanol–water partition coefficient (Wildman–Crippen LogP) is -0.901. The van der Waals surface area contributed by atoms with E-state index in [1.807, 2.05) is 54.6 Å². The van der Waals surface area contributed by atoms with Gasteiger partial charge in [0.1, 0.15) is 54.4 Å². The summed E-state index contributed by atoms with van der Waals surface area (Å²) in [5.74, 6) is -10.5. The number of nitrogens with one attached hydrogen (secondary N) is 24. The molecule has 5 heterocycles. The van der Waals surface area contributed by atoms with Crippen molar-refractivity contribution < 1.29 is 47.9 Å². The summed E-state index contributed by atoms with van der Waals surface area (Å²) in [5.41, 5.74) is 47.0. The third-order valence-corrected chi connectivity index (χ3v) is 21.5. The molecule has 10 amide bonds. The van der Waals surface area contributed by atoms with Crippen molar-refractivity contribution in [3.05, 3.63) is 180 Å².